The van der Waals surface area contributed by atoms with Gasteiger partial charge in [-0.3, -0.25) is 14.9 Å². The fourth-order valence-electron chi connectivity index (χ4n) is 3.25. The zero-order chi connectivity index (χ0) is 22.0. The Morgan fingerprint density at radius 3 is 2.71 bits per heavy atom. The summed E-state index contributed by atoms with van der Waals surface area (Å²) in [6.45, 7) is 3.62. The van der Waals surface area contributed by atoms with E-state index in [1.54, 1.807) is 24.3 Å². The molecule has 3 aromatic rings. The highest BCUT2D eigenvalue weighted by molar-refractivity contribution is 7.14. The van der Waals surface area contributed by atoms with Crippen molar-refractivity contribution in [3.8, 4) is 17.0 Å². The molecule has 158 valence electrons. The number of hydrogen-bond donors (Lipinski definition) is 2. The van der Waals surface area contributed by atoms with Gasteiger partial charge in [0.2, 0.25) is 5.91 Å². The lowest BCUT2D eigenvalue weighted by Gasteiger charge is -2.17. The monoisotopic (exact) mass is 453 g/mol. The van der Waals surface area contributed by atoms with Gasteiger partial charge >= 0.3 is 0 Å². The molecule has 1 unspecified atom stereocenters. The smallest absolute Gasteiger partial charge is 0.256 e. The summed E-state index contributed by atoms with van der Waals surface area (Å²) in [5.74, 6) is 0.376. The van der Waals surface area contributed by atoms with Crippen molar-refractivity contribution in [1.82, 2.24) is 10.3 Å². The van der Waals surface area contributed by atoms with Crippen molar-refractivity contribution in [1.29, 1.82) is 0 Å². The number of amides is 2. The van der Waals surface area contributed by atoms with Gasteiger partial charge < -0.3 is 10.1 Å². The minimum atomic E-state index is -0.258. The number of hydrogen-bond acceptors (Lipinski definition) is 5. The maximum atomic E-state index is 12.7. The van der Waals surface area contributed by atoms with Gasteiger partial charge in [0, 0.05) is 28.5 Å². The molecule has 1 aromatic heterocycles. The number of carbonyl (C=O) groups is 2. The summed E-state index contributed by atoms with van der Waals surface area (Å²) in [4.78, 5) is 28.4. The molecule has 0 aliphatic carbocycles. The Labute approximate surface area is 188 Å². The van der Waals surface area contributed by atoms with Gasteiger partial charge in [-0.2, -0.15) is 0 Å². The van der Waals surface area contributed by atoms with Crippen LogP contribution in [-0.2, 0) is 9.59 Å². The molecular formula is C23H20ClN3O3S. The van der Waals surface area contributed by atoms with Crippen LogP contribution < -0.4 is 15.4 Å². The quantitative estimate of drug-likeness (QED) is 0.564. The lowest BCUT2D eigenvalue weighted by molar-refractivity contribution is -0.119. The van der Waals surface area contributed by atoms with E-state index in [1.807, 2.05) is 36.6 Å². The first-order valence-corrected chi connectivity index (χ1v) is 10.9. The minimum absolute atomic E-state index is 0.0668. The molecular weight excluding hydrogens is 434 g/mol. The van der Waals surface area contributed by atoms with Gasteiger partial charge in [0.25, 0.3) is 5.91 Å². The van der Waals surface area contributed by atoms with Gasteiger partial charge in [0.15, 0.2) is 5.13 Å². The number of benzene rings is 2. The van der Waals surface area contributed by atoms with Crippen molar-refractivity contribution in [3.05, 3.63) is 69.6 Å². The second kappa shape index (κ2) is 8.91. The van der Waals surface area contributed by atoms with Crippen LogP contribution in [0.25, 0.3) is 17.3 Å². The van der Waals surface area contributed by atoms with Crippen LogP contribution in [0.5, 0.6) is 5.75 Å². The molecule has 1 aliphatic rings. The Kier molecular flexibility index (Phi) is 6.06. The molecule has 4 rings (SSSR count). The van der Waals surface area contributed by atoms with Gasteiger partial charge in [0.1, 0.15) is 12.4 Å². The number of thiazole rings is 1. The van der Waals surface area contributed by atoms with Crippen molar-refractivity contribution in [2.24, 2.45) is 0 Å². The van der Waals surface area contributed by atoms with Crippen LogP contribution in [0, 0.1) is 0 Å². The summed E-state index contributed by atoms with van der Waals surface area (Å²) in [5, 5.41) is 8.68. The Bertz CT molecular complexity index is 1170. The first kappa shape index (κ1) is 21.1. The second-order valence-corrected chi connectivity index (χ2v) is 8.47. The summed E-state index contributed by atoms with van der Waals surface area (Å²) < 4.78 is 5.65. The van der Waals surface area contributed by atoms with Gasteiger partial charge in [-0.15, -0.1) is 11.3 Å². The number of fused-ring (bicyclic) bond motifs is 1. The first-order chi connectivity index (χ1) is 14.9. The molecule has 0 radical (unpaired) electrons. The van der Waals surface area contributed by atoms with E-state index in [1.165, 1.54) is 18.3 Å². The Balaban J connectivity index is 1.45. The number of aromatic nitrogens is 1. The topological polar surface area (TPSA) is 80.3 Å². The van der Waals surface area contributed by atoms with E-state index in [9.17, 15) is 9.59 Å². The Hall–Kier alpha value is -3.16. The third-order valence-corrected chi connectivity index (χ3v) is 5.82. The molecule has 8 heteroatoms. The highest BCUT2D eigenvalue weighted by atomic mass is 35.5. The molecule has 2 heterocycles. The minimum Gasteiger partial charge on any atom is -0.488 e. The van der Waals surface area contributed by atoms with Crippen LogP contribution in [0.4, 0.5) is 5.13 Å². The van der Waals surface area contributed by atoms with E-state index < -0.39 is 0 Å². The summed E-state index contributed by atoms with van der Waals surface area (Å²) in [6, 6.07) is 13.1. The molecule has 2 N–H and O–H groups in total. The number of anilines is 1. The number of nitrogens with zero attached hydrogens (tertiary/aromatic N) is 1. The van der Waals surface area contributed by atoms with Crippen LogP contribution in [0.15, 0.2) is 53.4 Å². The molecule has 0 fully saturated rings. The summed E-state index contributed by atoms with van der Waals surface area (Å²) in [6.07, 6.45) is 1.78. The van der Waals surface area contributed by atoms with E-state index in [-0.39, 0.29) is 24.5 Å². The number of halogens is 1. The van der Waals surface area contributed by atoms with E-state index in [4.69, 9.17) is 16.3 Å². The summed E-state index contributed by atoms with van der Waals surface area (Å²) in [7, 11) is 0. The standard InChI is InChI=1S/C23H20ClN3O3S/c1-13(25-14(2)28)15-3-5-16(6-4-15)20-12-31-23(26-20)27-22(29)18-9-17-10-19(24)7-8-21(17)30-11-18/h3-10,12-13H,11H2,1-2H3,(H,25,28)(H,26,27,29). The maximum absolute atomic E-state index is 12.7. The molecule has 0 saturated carbocycles. The van der Waals surface area contributed by atoms with Crippen LogP contribution >= 0.6 is 22.9 Å². The molecule has 6 nitrogen and oxygen atoms in total. The molecule has 1 aliphatic heterocycles. The molecule has 1 atom stereocenters. The normalized spacial score (nSPS) is 13.5. The first-order valence-electron chi connectivity index (χ1n) is 9.66. The summed E-state index contributed by atoms with van der Waals surface area (Å²) >= 11 is 7.39. The number of rotatable bonds is 5. The Morgan fingerprint density at radius 2 is 1.97 bits per heavy atom. The van der Waals surface area contributed by atoms with Crippen molar-refractivity contribution in [2.45, 2.75) is 19.9 Å². The molecule has 0 saturated heterocycles. The average molecular weight is 454 g/mol. The highest BCUT2D eigenvalue weighted by Crippen LogP contribution is 2.30. The van der Waals surface area contributed by atoms with E-state index in [0.717, 1.165) is 22.4 Å². The number of carbonyl (C=O) groups excluding carboxylic acids is 2. The largest absolute Gasteiger partial charge is 0.488 e. The van der Waals surface area contributed by atoms with Crippen LogP contribution in [0.1, 0.15) is 31.0 Å². The van der Waals surface area contributed by atoms with Gasteiger partial charge in [-0.25, -0.2) is 4.98 Å². The maximum Gasteiger partial charge on any atom is 0.256 e. The molecule has 0 bridgehead atoms. The van der Waals surface area contributed by atoms with E-state index in [2.05, 4.69) is 15.6 Å². The van der Waals surface area contributed by atoms with Gasteiger partial charge in [0.05, 0.1) is 17.3 Å². The van der Waals surface area contributed by atoms with Crippen molar-refractivity contribution in [2.75, 3.05) is 11.9 Å². The third-order valence-electron chi connectivity index (χ3n) is 4.83. The fraction of sp³-hybridized carbons (Fsp3) is 0.174. The second-order valence-electron chi connectivity index (χ2n) is 7.18. The van der Waals surface area contributed by atoms with Crippen LogP contribution in [0.3, 0.4) is 0 Å². The number of nitrogens with one attached hydrogen (secondary N) is 2. The van der Waals surface area contributed by atoms with Crippen LogP contribution in [0.2, 0.25) is 5.02 Å². The van der Waals surface area contributed by atoms with Crippen molar-refractivity contribution in [3.63, 3.8) is 0 Å². The predicted molar refractivity (Wildman–Crippen MR) is 123 cm³/mol. The Morgan fingerprint density at radius 1 is 1.19 bits per heavy atom. The predicted octanol–water partition coefficient (Wildman–Crippen LogP) is 5.08. The van der Waals surface area contributed by atoms with E-state index in [0.29, 0.717) is 21.5 Å². The SMILES string of the molecule is CC(=O)NC(C)c1ccc(-c2csc(NC(=O)C3=Cc4cc(Cl)ccc4OC3)n2)cc1. The average Bonchev–Trinajstić information content (AvgIpc) is 3.21. The number of ether oxygens (including phenoxy) is 1. The van der Waals surface area contributed by atoms with E-state index >= 15 is 0 Å². The fourth-order valence-corrected chi connectivity index (χ4v) is 4.15. The summed E-state index contributed by atoms with van der Waals surface area (Å²) in [5.41, 5.74) is 3.98. The van der Waals surface area contributed by atoms with Gasteiger partial charge in [-0.05, 0) is 36.8 Å². The third kappa shape index (κ3) is 4.95. The van der Waals surface area contributed by atoms with Gasteiger partial charge in [-0.1, -0.05) is 35.9 Å². The molecule has 31 heavy (non-hydrogen) atoms. The lowest BCUT2D eigenvalue weighted by atomic mass is 10.1. The van der Waals surface area contributed by atoms with Crippen molar-refractivity contribution < 1.29 is 14.3 Å². The van der Waals surface area contributed by atoms with Crippen molar-refractivity contribution >= 4 is 46.0 Å². The highest BCUT2D eigenvalue weighted by Gasteiger charge is 2.19. The zero-order valence-electron chi connectivity index (χ0n) is 16.9. The lowest BCUT2D eigenvalue weighted by Crippen LogP contribution is -2.23. The molecule has 0 spiro atoms. The molecule has 2 amide bonds. The van der Waals surface area contributed by atoms with Crippen LogP contribution in [-0.4, -0.2) is 23.4 Å². The zero-order valence-corrected chi connectivity index (χ0v) is 18.5. The molecule has 2 aromatic carbocycles.